The third-order valence-corrected chi connectivity index (χ3v) is 3.30. The summed E-state index contributed by atoms with van der Waals surface area (Å²) in [6, 6.07) is 6.18. The molecule has 0 fully saturated rings. The highest BCUT2D eigenvalue weighted by Crippen LogP contribution is 2.29. The van der Waals surface area contributed by atoms with E-state index in [4.69, 9.17) is 4.42 Å². The average Bonchev–Trinajstić information content (AvgIpc) is 2.81. The number of rotatable bonds is 5. The van der Waals surface area contributed by atoms with Crippen molar-refractivity contribution >= 4 is 15.9 Å². The summed E-state index contributed by atoms with van der Waals surface area (Å²) in [6.45, 7) is 5.96. The van der Waals surface area contributed by atoms with Crippen LogP contribution in [0.15, 0.2) is 33.5 Å². The van der Waals surface area contributed by atoms with Gasteiger partial charge in [0.25, 0.3) is 0 Å². The molecule has 0 aliphatic heterocycles. The molecule has 0 unspecified atom stereocenters. The molecule has 1 aromatic carbocycles. The largest absolute Gasteiger partial charge is 0.443 e. The number of oxazole rings is 1. The predicted molar refractivity (Wildman–Crippen MR) is 76.4 cm³/mol. The van der Waals surface area contributed by atoms with Gasteiger partial charge in [0.15, 0.2) is 12.2 Å². The first-order chi connectivity index (χ1) is 8.72. The fraction of sp³-hybridized carbons (Fsp3) is 0.357. The Bertz CT molecular complexity index is 522. The van der Waals surface area contributed by atoms with E-state index in [0.29, 0.717) is 0 Å². The first-order valence-corrected chi connectivity index (χ1v) is 6.91. The minimum Gasteiger partial charge on any atom is -0.443 e. The molecule has 3 nitrogen and oxygen atoms in total. The molecule has 4 heteroatoms. The van der Waals surface area contributed by atoms with Crippen molar-refractivity contribution in [2.75, 3.05) is 6.54 Å². The van der Waals surface area contributed by atoms with Crippen LogP contribution in [0.5, 0.6) is 0 Å². The molecule has 0 saturated heterocycles. The van der Waals surface area contributed by atoms with Crippen LogP contribution in [0.4, 0.5) is 0 Å². The molecule has 0 radical (unpaired) electrons. The molecular formula is C14H17BrN2O. The van der Waals surface area contributed by atoms with Crippen LogP contribution in [0, 0.1) is 6.92 Å². The molecule has 0 aliphatic rings. The van der Waals surface area contributed by atoms with Crippen molar-refractivity contribution in [3.05, 3.63) is 40.3 Å². The Labute approximate surface area is 116 Å². The maximum absolute atomic E-state index is 5.55. The standard InChI is InChI=1S/C14H17BrN2O/c1-3-6-16-8-13-14(18-9-17-13)12-7-11(15)5-4-10(12)2/h4-5,7,9,16H,3,6,8H2,1-2H3. The van der Waals surface area contributed by atoms with Gasteiger partial charge in [0, 0.05) is 16.6 Å². The fourth-order valence-corrected chi connectivity index (χ4v) is 2.20. The van der Waals surface area contributed by atoms with Crippen molar-refractivity contribution < 1.29 is 4.42 Å². The number of nitrogens with one attached hydrogen (secondary N) is 1. The molecular weight excluding hydrogens is 292 g/mol. The van der Waals surface area contributed by atoms with Gasteiger partial charge in [-0.05, 0) is 37.6 Å². The van der Waals surface area contributed by atoms with Crippen LogP contribution >= 0.6 is 15.9 Å². The molecule has 0 amide bonds. The van der Waals surface area contributed by atoms with Gasteiger partial charge in [-0.25, -0.2) is 4.98 Å². The van der Waals surface area contributed by atoms with E-state index < -0.39 is 0 Å². The number of hydrogen-bond donors (Lipinski definition) is 1. The molecule has 2 aromatic rings. The number of aromatic nitrogens is 1. The van der Waals surface area contributed by atoms with E-state index in [9.17, 15) is 0 Å². The van der Waals surface area contributed by atoms with E-state index in [1.54, 1.807) is 0 Å². The van der Waals surface area contributed by atoms with E-state index in [-0.39, 0.29) is 0 Å². The molecule has 1 aromatic heterocycles. The van der Waals surface area contributed by atoms with E-state index >= 15 is 0 Å². The second-order valence-electron chi connectivity index (χ2n) is 4.26. The van der Waals surface area contributed by atoms with E-state index in [1.165, 1.54) is 12.0 Å². The number of aryl methyl sites for hydroxylation is 1. The Balaban J connectivity index is 2.27. The summed E-state index contributed by atoms with van der Waals surface area (Å²) in [7, 11) is 0. The van der Waals surface area contributed by atoms with E-state index in [2.05, 4.69) is 52.2 Å². The number of benzene rings is 1. The molecule has 18 heavy (non-hydrogen) atoms. The highest BCUT2D eigenvalue weighted by molar-refractivity contribution is 9.10. The molecule has 1 N–H and O–H groups in total. The third kappa shape index (κ3) is 3.00. The van der Waals surface area contributed by atoms with Gasteiger partial charge in [-0.15, -0.1) is 0 Å². The lowest BCUT2D eigenvalue weighted by molar-refractivity contribution is 0.569. The summed E-state index contributed by atoms with van der Waals surface area (Å²) >= 11 is 3.49. The lowest BCUT2D eigenvalue weighted by Crippen LogP contribution is -2.14. The van der Waals surface area contributed by atoms with Crippen molar-refractivity contribution in [3.8, 4) is 11.3 Å². The van der Waals surface area contributed by atoms with Gasteiger partial charge >= 0.3 is 0 Å². The van der Waals surface area contributed by atoms with Crippen molar-refractivity contribution in [3.63, 3.8) is 0 Å². The zero-order valence-electron chi connectivity index (χ0n) is 10.7. The Morgan fingerprint density at radius 1 is 1.39 bits per heavy atom. The summed E-state index contributed by atoms with van der Waals surface area (Å²) in [4.78, 5) is 4.29. The van der Waals surface area contributed by atoms with Crippen LogP contribution in [0.25, 0.3) is 11.3 Å². The van der Waals surface area contributed by atoms with Gasteiger partial charge in [-0.3, -0.25) is 0 Å². The molecule has 96 valence electrons. The Morgan fingerprint density at radius 2 is 2.22 bits per heavy atom. The number of halogens is 1. The van der Waals surface area contributed by atoms with E-state index in [1.807, 2.05) is 6.07 Å². The van der Waals surface area contributed by atoms with Gasteiger partial charge in [0.2, 0.25) is 0 Å². The fourth-order valence-electron chi connectivity index (χ4n) is 1.84. The Morgan fingerprint density at radius 3 is 3.00 bits per heavy atom. The van der Waals surface area contributed by atoms with Gasteiger partial charge in [-0.1, -0.05) is 28.9 Å². The summed E-state index contributed by atoms with van der Waals surface area (Å²) in [5, 5.41) is 3.35. The number of hydrogen-bond acceptors (Lipinski definition) is 3. The van der Waals surface area contributed by atoms with Crippen molar-refractivity contribution in [1.29, 1.82) is 0 Å². The lowest BCUT2D eigenvalue weighted by atomic mass is 10.1. The summed E-state index contributed by atoms with van der Waals surface area (Å²) in [5.41, 5.74) is 3.24. The summed E-state index contributed by atoms with van der Waals surface area (Å²) in [6.07, 6.45) is 2.63. The van der Waals surface area contributed by atoms with Crippen LogP contribution in [0.2, 0.25) is 0 Å². The number of nitrogens with zero attached hydrogens (tertiary/aromatic N) is 1. The summed E-state index contributed by atoms with van der Waals surface area (Å²) in [5.74, 6) is 0.859. The zero-order valence-corrected chi connectivity index (χ0v) is 12.3. The molecule has 0 saturated carbocycles. The molecule has 0 spiro atoms. The van der Waals surface area contributed by atoms with E-state index in [0.717, 1.165) is 41.0 Å². The zero-order chi connectivity index (χ0) is 13.0. The van der Waals surface area contributed by atoms with Crippen LogP contribution < -0.4 is 5.32 Å². The van der Waals surface area contributed by atoms with Crippen LogP contribution in [-0.2, 0) is 6.54 Å². The highest BCUT2D eigenvalue weighted by Gasteiger charge is 2.12. The second-order valence-corrected chi connectivity index (χ2v) is 5.18. The quantitative estimate of drug-likeness (QED) is 0.851. The average molecular weight is 309 g/mol. The maximum atomic E-state index is 5.55. The van der Waals surface area contributed by atoms with Gasteiger partial charge in [0.05, 0.1) is 0 Å². The van der Waals surface area contributed by atoms with Crippen LogP contribution in [0.3, 0.4) is 0 Å². The third-order valence-electron chi connectivity index (χ3n) is 2.80. The van der Waals surface area contributed by atoms with Gasteiger partial charge < -0.3 is 9.73 Å². The first-order valence-electron chi connectivity index (χ1n) is 6.12. The monoisotopic (exact) mass is 308 g/mol. The highest BCUT2D eigenvalue weighted by atomic mass is 79.9. The van der Waals surface area contributed by atoms with Crippen LogP contribution in [-0.4, -0.2) is 11.5 Å². The normalized spacial score (nSPS) is 10.8. The molecule has 1 heterocycles. The molecule has 2 rings (SSSR count). The van der Waals surface area contributed by atoms with Gasteiger partial charge in [-0.2, -0.15) is 0 Å². The molecule has 0 bridgehead atoms. The minimum absolute atomic E-state index is 0.742. The van der Waals surface area contributed by atoms with Crippen molar-refractivity contribution in [1.82, 2.24) is 10.3 Å². The lowest BCUT2D eigenvalue weighted by Gasteiger charge is -2.06. The summed E-state index contributed by atoms with van der Waals surface area (Å²) < 4.78 is 6.59. The topological polar surface area (TPSA) is 38.1 Å². The smallest absolute Gasteiger partial charge is 0.181 e. The van der Waals surface area contributed by atoms with Crippen molar-refractivity contribution in [2.24, 2.45) is 0 Å². The SMILES string of the molecule is CCCNCc1ncoc1-c1cc(Br)ccc1C. The second kappa shape index (κ2) is 6.16. The van der Waals surface area contributed by atoms with Crippen LogP contribution in [0.1, 0.15) is 24.6 Å². The molecule has 0 atom stereocenters. The Kier molecular flexibility index (Phi) is 4.55. The van der Waals surface area contributed by atoms with Gasteiger partial charge in [0.1, 0.15) is 5.69 Å². The van der Waals surface area contributed by atoms with Crippen molar-refractivity contribution in [2.45, 2.75) is 26.8 Å². The minimum atomic E-state index is 0.742. The Hall–Kier alpha value is -1.13. The maximum Gasteiger partial charge on any atom is 0.181 e. The predicted octanol–water partition coefficient (Wildman–Crippen LogP) is 3.91. The molecule has 0 aliphatic carbocycles. The first kappa shape index (κ1) is 13.3.